The highest BCUT2D eigenvalue weighted by molar-refractivity contribution is 6.18. The second-order valence-corrected chi connectivity index (χ2v) is 11.9. The molecule has 3 aliphatic rings. The first-order valence-corrected chi connectivity index (χ1v) is 14.6. The van der Waals surface area contributed by atoms with Crippen LogP contribution in [0, 0.1) is 33.6 Å². The SMILES string of the molecule is CC.[B]C1(C)C=Cc2c3c(c4c(C)c(C)c(C)c(C)c4c2O1)-c1ccccc1C31c2ccccc2C(C)C1C. The van der Waals surface area contributed by atoms with Crippen molar-refractivity contribution in [3.8, 4) is 16.9 Å². The molecule has 0 amide bonds. The standard InChI is InChI=1S/C35H33BO.C2H6/c1-18-19(2)21(4)30-29(20(18)3)31-25-13-9-11-15-28(25)35(23(6)22(5)24-12-8-10-14-27(24)35)32(31)26-16-17-34(7,36)37-33(26)30;1-2/h8-17,22-23H,1-7H3;1-2H3. The van der Waals surface area contributed by atoms with E-state index in [9.17, 15) is 0 Å². The fraction of sp³-hybridized carbons (Fsp3) is 0.351. The van der Waals surface area contributed by atoms with Crippen molar-refractivity contribution in [3.05, 3.63) is 105 Å². The molecule has 2 aliphatic carbocycles. The van der Waals surface area contributed by atoms with E-state index >= 15 is 0 Å². The summed E-state index contributed by atoms with van der Waals surface area (Å²) in [7, 11) is 6.63. The third kappa shape index (κ3) is 3.09. The molecule has 0 fully saturated rings. The topological polar surface area (TPSA) is 9.23 Å². The van der Waals surface area contributed by atoms with Gasteiger partial charge in [0, 0.05) is 10.9 Å². The van der Waals surface area contributed by atoms with Crippen LogP contribution in [0.4, 0.5) is 0 Å². The molecular formula is C37H39BO. The number of benzene rings is 4. The predicted molar refractivity (Wildman–Crippen MR) is 167 cm³/mol. The maximum absolute atomic E-state index is 6.73. The molecule has 2 radical (unpaired) electrons. The molecule has 0 N–H and O–H groups in total. The van der Waals surface area contributed by atoms with Crippen LogP contribution < -0.4 is 4.74 Å². The number of aryl methyl sites for hydroxylation is 2. The molecule has 4 unspecified atom stereocenters. The van der Waals surface area contributed by atoms with Crippen molar-refractivity contribution in [2.75, 3.05) is 0 Å². The first-order valence-electron chi connectivity index (χ1n) is 14.6. The molecule has 4 atom stereocenters. The van der Waals surface area contributed by atoms with Gasteiger partial charge in [-0.15, -0.1) is 0 Å². The molecule has 39 heavy (non-hydrogen) atoms. The molecule has 1 heterocycles. The maximum atomic E-state index is 6.73. The van der Waals surface area contributed by atoms with Crippen LogP contribution in [0.15, 0.2) is 54.6 Å². The van der Waals surface area contributed by atoms with Gasteiger partial charge < -0.3 is 4.74 Å². The highest BCUT2D eigenvalue weighted by Crippen LogP contribution is 2.67. The largest absolute Gasteiger partial charge is 0.492 e. The Morgan fingerprint density at radius 1 is 0.769 bits per heavy atom. The quantitative estimate of drug-likeness (QED) is 0.214. The zero-order valence-corrected chi connectivity index (χ0v) is 24.9. The van der Waals surface area contributed by atoms with Gasteiger partial charge in [-0.05, 0) is 107 Å². The van der Waals surface area contributed by atoms with Crippen molar-refractivity contribution >= 4 is 24.7 Å². The summed E-state index contributed by atoms with van der Waals surface area (Å²) in [6.07, 6.45) is 4.29. The minimum Gasteiger partial charge on any atom is -0.492 e. The molecule has 1 spiro atoms. The molecule has 0 saturated heterocycles. The lowest BCUT2D eigenvalue weighted by Crippen LogP contribution is -2.35. The maximum Gasteiger partial charge on any atom is 0.137 e. The number of ether oxygens (including phenoxy) is 1. The molecule has 7 rings (SSSR count). The van der Waals surface area contributed by atoms with Crippen LogP contribution in [0.3, 0.4) is 0 Å². The molecule has 2 heteroatoms. The van der Waals surface area contributed by atoms with Crippen molar-refractivity contribution in [2.24, 2.45) is 5.92 Å². The second-order valence-electron chi connectivity index (χ2n) is 11.9. The normalized spacial score (nSPS) is 25.5. The Bertz CT molecular complexity index is 1710. The Labute approximate surface area is 235 Å². The van der Waals surface area contributed by atoms with Gasteiger partial charge in [0.2, 0.25) is 0 Å². The van der Waals surface area contributed by atoms with E-state index in [0.717, 1.165) is 5.75 Å². The van der Waals surface area contributed by atoms with Gasteiger partial charge in [-0.3, -0.25) is 0 Å². The summed E-state index contributed by atoms with van der Waals surface area (Å²) >= 11 is 0. The van der Waals surface area contributed by atoms with Crippen molar-refractivity contribution in [1.29, 1.82) is 0 Å². The fourth-order valence-corrected chi connectivity index (χ4v) is 7.94. The van der Waals surface area contributed by atoms with Crippen molar-refractivity contribution in [2.45, 2.75) is 79.1 Å². The van der Waals surface area contributed by atoms with E-state index in [1.807, 2.05) is 26.8 Å². The summed E-state index contributed by atoms with van der Waals surface area (Å²) in [6.45, 7) is 19.9. The lowest BCUT2D eigenvalue weighted by Gasteiger charge is -2.39. The van der Waals surface area contributed by atoms with Gasteiger partial charge in [-0.2, -0.15) is 0 Å². The summed E-state index contributed by atoms with van der Waals surface area (Å²) < 4.78 is 6.73. The van der Waals surface area contributed by atoms with Gasteiger partial charge in [0.05, 0.1) is 10.9 Å². The molecule has 0 bridgehead atoms. The van der Waals surface area contributed by atoms with E-state index in [-0.39, 0.29) is 5.41 Å². The van der Waals surface area contributed by atoms with Gasteiger partial charge in [0.25, 0.3) is 0 Å². The van der Waals surface area contributed by atoms with Crippen LogP contribution in [0.1, 0.15) is 90.6 Å². The lowest BCUT2D eigenvalue weighted by molar-refractivity contribution is 0.226. The van der Waals surface area contributed by atoms with Crippen LogP contribution >= 0.6 is 0 Å². The molecule has 0 aromatic heterocycles. The molecule has 4 aromatic rings. The van der Waals surface area contributed by atoms with Crippen molar-refractivity contribution < 1.29 is 4.74 Å². The summed E-state index contributed by atoms with van der Waals surface area (Å²) in [6, 6.07) is 18.3. The molecule has 1 aliphatic heterocycles. The van der Waals surface area contributed by atoms with E-state index in [2.05, 4.69) is 96.1 Å². The van der Waals surface area contributed by atoms with Crippen LogP contribution in [0.2, 0.25) is 0 Å². The van der Waals surface area contributed by atoms with Crippen LogP contribution in [-0.4, -0.2) is 13.3 Å². The van der Waals surface area contributed by atoms with Gasteiger partial charge in [0.15, 0.2) is 0 Å². The van der Waals surface area contributed by atoms with Gasteiger partial charge >= 0.3 is 0 Å². The third-order valence-electron chi connectivity index (χ3n) is 10.2. The van der Waals surface area contributed by atoms with E-state index in [1.165, 1.54) is 72.0 Å². The molecular weight excluding hydrogens is 471 g/mol. The Kier molecular flexibility index (Phi) is 5.75. The average molecular weight is 511 g/mol. The average Bonchev–Trinajstić information content (AvgIpc) is 3.37. The summed E-state index contributed by atoms with van der Waals surface area (Å²) in [5.41, 5.74) is 13.9. The van der Waals surface area contributed by atoms with Crippen molar-refractivity contribution in [3.63, 3.8) is 0 Å². The van der Waals surface area contributed by atoms with E-state index in [0.29, 0.717) is 11.8 Å². The Balaban J connectivity index is 0.00000135. The first kappa shape index (κ1) is 26.0. The van der Waals surface area contributed by atoms with E-state index in [4.69, 9.17) is 12.6 Å². The zero-order valence-electron chi connectivity index (χ0n) is 24.9. The van der Waals surface area contributed by atoms with Crippen molar-refractivity contribution in [1.82, 2.24) is 0 Å². The smallest absolute Gasteiger partial charge is 0.137 e. The van der Waals surface area contributed by atoms with E-state index < -0.39 is 5.50 Å². The first-order chi connectivity index (χ1) is 18.6. The number of rotatable bonds is 0. The molecule has 4 aromatic carbocycles. The number of hydrogen-bond donors (Lipinski definition) is 0. The third-order valence-corrected chi connectivity index (χ3v) is 10.2. The highest BCUT2D eigenvalue weighted by atomic mass is 16.5. The zero-order chi connectivity index (χ0) is 28.0. The number of hydrogen-bond acceptors (Lipinski definition) is 1. The van der Waals surface area contributed by atoms with Gasteiger partial charge in [0.1, 0.15) is 13.6 Å². The highest BCUT2D eigenvalue weighted by Gasteiger charge is 2.57. The number of fused-ring (bicyclic) bond motifs is 12. The minimum absolute atomic E-state index is 0.241. The van der Waals surface area contributed by atoms with Crippen LogP contribution in [0.5, 0.6) is 5.75 Å². The van der Waals surface area contributed by atoms with E-state index in [1.54, 1.807) is 0 Å². The Hall–Kier alpha value is -3.26. The molecule has 1 nitrogen and oxygen atoms in total. The van der Waals surface area contributed by atoms with Crippen LogP contribution in [0.25, 0.3) is 28.0 Å². The minimum atomic E-state index is -0.849. The Morgan fingerprint density at radius 2 is 1.36 bits per heavy atom. The monoisotopic (exact) mass is 510 g/mol. The summed E-state index contributed by atoms with van der Waals surface area (Å²) in [5, 5.41) is 2.54. The molecule has 0 saturated carbocycles. The predicted octanol–water partition coefficient (Wildman–Crippen LogP) is 9.46. The fourth-order valence-electron chi connectivity index (χ4n) is 7.94. The molecule has 196 valence electrons. The van der Waals surface area contributed by atoms with Gasteiger partial charge in [-0.1, -0.05) is 88.4 Å². The lowest BCUT2D eigenvalue weighted by atomic mass is 9.65. The van der Waals surface area contributed by atoms with Gasteiger partial charge in [-0.25, -0.2) is 0 Å². The second kappa shape index (κ2) is 8.62. The summed E-state index contributed by atoms with van der Waals surface area (Å²) in [4.78, 5) is 0. The Morgan fingerprint density at radius 3 is 2.05 bits per heavy atom. The summed E-state index contributed by atoms with van der Waals surface area (Å²) in [5.74, 6) is 1.78. The van der Waals surface area contributed by atoms with Crippen LogP contribution in [-0.2, 0) is 5.41 Å².